The van der Waals surface area contributed by atoms with Gasteiger partial charge < -0.3 is 9.47 Å². The van der Waals surface area contributed by atoms with Crippen LogP contribution in [0.15, 0.2) is 18.2 Å². The van der Waals surface area contributed by atoms with Crippen LogP contribution in [0.4, 0.5) is 17.6 Å². The molecule has 1 aromatic rings. The lowest BCUT2D eigenvalue weighted by Crippen LogP contribution is -2.17. The van der Waals surface area contributed by atoms with Gasteiger partial charge in [-0.15, -0.1) is 19.6 Å². The molecule has 16 heavy (non-hydrogen) atoms. The first-order valence-corrected chi connectivity index (χ1v) is 4.04. The molecular weight excluding hydrogens is 228 g/mol. The number of ether oxygens (including phenoxy) is 2. The fourth-order valence-corrected chi connectivity index (χ4v) is 0.915. The van der Waals surface area contributed by atoms with E-state index in [1.807, 2.05) is 0 Å². The maximum Gasteiger partial charge on any atom is 0.573 e. The number of halogens is 4. The van der Waals surface area contributed by atoms with E-state index in [4.69, 9.17) is 11.2 Å². The summed E-state index contributed by atoms with van der Waals surface area (Å²) in [5, 5.41) is 0. The Kier molecular flexibility index (Phi) is 3.61. The smallest absolute Gasteiger partial charge is 0.478 e. The van der Waals surface area contributed by atoms with Crippen molar-refractivity contribution in [2.24, 2.45) is 0 Å². The van der Waals surface area contributed by atoms with E-state index in [9.17, 15) is 17.6 Å². The average Bonchev–Trinajstić information content (AvgIpc) is 2.14. The molecule has 1 aromatic carbocycles. The van der Waals surface area contributed by atoms with E-state index in [0.717, 1.165) is 12.1 Å². The molecule has 0 aliphatic heterocycles. The lowest BCUT2D eigenvalue weighted by atomic mass is 10.3. The van der Waals surface area contributed by atoms with Crippen molar-refractivity contribution in [3.05, 3.63) is 24.0 Å². The molecule has 86 valence electrons. The molecule has 1 rings (SSSR count). The molecule has 0 aliphatic carbocycles. The van der Waals surface area contributed by atoms with E-state index >= 15 is 0 Å². The molecule has 0 spiro atoms. The van der Waals surface area contributed by atoms with Gasteiger partial charge in [-0.2, -0.15) is 0 Å². The van der Waals surface area contributed by atoms with E-state index < -0.39 is 17.9 Å². The van der Waals surface area contributed by atoms with Crippen LogP contribution in [0.1, 0.15) is 0 Å². The summed E-state index contributed by atoms with van der Waals surface area (Å²) in [7, 11) is 0. The molecule has 0 N–H and O–H groups in total. The minimum Gasteiger partial charge on any atom is -0.478 e. The summed E-state index contributed by atoms with van der Waals surface area (Å²) in [6.07, 6.45) is 0.0151. The van der Waals surface area contributed by atoms with Gasteiger partial charge in [-0.25, -0.2) is 4.39 Å². The van der Waals surface area contributed by atoms with E-state index in [0.29, 0.717) is 6.07 Å². The van der Waals surface area contributed by atoms with Gasteiger partial charge in [0.2, 0.25) is 0 Å². The third kappa shape index (κ3) is 3.69. The first-order chi connectivity index (χ1) is 7.42. The van der Waals surface area contributed by atoms with Crippen LogP contribution < -0.4 is 9.47 Å². The summed E-state index contributed by atoms with van der Waals surface area (Å²) in [5.74, 6) is 0.237. The van der Waals surface area contributed by atoms with Crippen molar-refractivity contribution in [3.8, 4) is 23.8 Å². The van der Waals surface area contributed by atoms with Crippen LogP contribution >= 0.6 is 0 Å². The van der Waals surface area contributed by atoms with Crippen LogP contribution in [0.25, 0.3) is 0 Å². The van der Waals surface area contributed by atoms with Crippen LogP contribution in [0.2, 0.25) is 0 Å². The third-order valence-corrected chi connectivity index (χ3v) is 1.45. The molecule has 0 unspecified atom stereocenters. The highest BCUT2D eigenvalue weighted by molar-refractivity contribution is 5.33. The summed E-state index contributed by atoms with van der Waals surface area (Å²) in [6, 6.07) is 2.51. The SMILES string of the molecule is C#CCOc1ccc(OC(F)(F)F)cc1F. The monoisotopic (exact) mass is 234 g/mol. The van der Waals surface area contributed by atoms with Crippen LogP contribution in [-0.2, 0) is 0 Å². The van der Waals surface area contributed by atoms with E-state index in [-0.39, 0.29) is 12.4 Å². The molecule has 0 bridgehead atoms. The standard InChI is InChI=1S/C10H6F4O2/c1-2-5-15-9-4-3-7(6-8(9)11)16-10(12,13)14/h1,3-4,6H,5H2. The molecule has 0 saturated heterocycles. The molecule has 0 radical (unpaired) electrons. The van der Waals surface area contributed by atoms with E-state index in [2.05, 4.69) is 10.7 Å². The summed E-state index contributed by atoms with van der Waals surface area (Å²) in [6.45, 7) is -0.170. The Labute approximate surface area is 88.8 Å². The van der Waals surface area contributed by atoms with Crippen molar-refractivity contribution in [3.63, 3.8) is 0 Å². The fourth-order valence-electron chi connectivity index (χ4n) is 0.915. The quantitative estimate of drug-likeness (QED) is 0.591. The van der Waals surface area contributed by atoms with Crippen LogP contribution in [0, 0.1) is 18.2 Å². The Morgan fingerprint density at radius 1 is 1.31 bits per heavy atom. The van der Waals surface area contributed by atoms with Crippen molar-refractivity contribution in [1.82, 2.24) is 0 Å². The van der Waals surface area contributed by atoms with E-state index in [1.54, 1.807) is 0 Å². The Hall–Kier alpha value is -1.90. The molecule has 0 aliphatic rings. The number of rotatable bonds is 3. The zero-order valence-electron chi connectivity index (χ0n) is 7.84. The molecular formula is C10H6F4O2. The van der Waals surface area contributed by atoms with Gasteiger partial charge >= 0.3 is 6.36 Å². The van der Waals surface area contributed by atoms with Crippen molar-refractivity contribution in [2.45, 2.75) is 6.36 Å². The van der Waals surface area contributed by atoms with Crippen LogP contribution in [0.3, 0.4) is 0 Å². The first-order valence-electron chi connectivity index (χ1n) is 4.04. The minimum atomic E-state index is -4.85. The highest BCUT2D eigenvalue weighted by Crippen LogP contribution is 2.27. The van der Waals surface area contributed by atoms with Gasteiger partial charge in [0.1, 0.15) is 12.4 Å². The van der Waals surface area contributed by atoms with Crippen molar-refractivity contribution in [2.75, 3.05) is 6.61 Å². The van der Waals surface area contributed by atoms with Crippen LogP contribution in [-0.4, -0.2) is 13.0 Å². The van der Waals surface area contributed by atoms with Crippen molar-refractivity contribution >= 4 is 0 Å². The predicted molar refractivity (Wildman–Crippen MR) is 47.4 cm³/mol. The van der Waals surface area contributed by atoms with Gasteiger partial charge in [0.25, 0.3) is 0 Å². The molecule has 0 amide bonds. The second-order valence-electron chi connectivity index (χ2n) is 2.63. The summed E-state index contributed by atoms with van der Waals surface area (Å²) < 4.78 is 56.7. The maximum atomic E-state index is 13.1. The topological polar surface area (TPSA) is 18.5 Å². The molecule has 0 heterocycles. The number of terminal acetylenes is 1. The second-order valence-corrected chi connectivity index (χ2v) is 2.63. The van der Waals surface area contributed by atoms with Gasteiger partial charge in [-0.1, -0.05) is 5.92 Å². The number of hydrogen-bond acceptors (Lipinski definition) is 2. The molecule has 0 fully saturated rings. The highest BCUT2D eigenvalue weighted by atomic mass is 19.4. The number of alkyl halides is 3. The lowest BCUT2D eigenvalue weighted by molar-refractivity contribution is -0.274. The number of hydrogen-bond donors (Lipinski definition) is 0. The largest absolute Gasteiger partial charge is 0.573 e. The fraction of sp³-hybridized carbons (Fsp3) is 0.200. The normalized spacial score (nSPS) is 10.7. The van der Waals surface area contributed by atoms with Crippen molar-refractivity contribution in [1.29, 1.82) is 0 Å². The summed E-state index contributed by atoms with van der Waals surface area (Å²) >= 11 is 0. The summed E-state index contributed by atoms with van der Waals surface area (Å²) in [5.41, 5.74) is 0. The van der Waals surface area contributed by atoms with Crippen LogP contribution in [0.5, 0.6) is 11.5 Å². The lowest BCUT2D eigenvalue weighted by Gasteiger charge is -2.10. The van der Waals surface area contributed by atoms with E-state index in [1.165, 1.54) is 0 Å². The third-order valence-electron chi connectivity index (χ3n) is 1.45. The Morgan fingerprint density at radius 2 is 2.00 bits per heavy atom. The average molecular weight is 234 g/mol. The second kappa shape index (κ2) is 4.75. The molecule has 0 atom stereocenters. The molecule has 2 nitrogen and oxygen atoms in total. The Morgan fingerprint density at radius 3 is 2.50 bits per heavy atom. The molecule has 0 aromatic heterocycles. The summed E-state index contributed by atoms with van der Waals surface area (Å²) in [4.78, 5) is 0. The van der Waals surface area contributed by atoms with Gasteiger partial charge in [0.05, 0.1) is 0 Å². The predicted octanol–water partition coefficient (Wildman–Crippen LogP) is 2.74. The van der Waals surface area contributed by atoms with Gasteiger partial charge in [-0.3, -0.25) is 0 Å². The Balaban J connectivity index is 2.79. The highest BCUT2D eigenvalue weighted by Gasteiger charge is 2.31. The van der Waals surface area contributed by atoms with Gasteiger partial charge in [0.15, 0.2) is 11.6 Å². The molecule has 6 heteroatoms. The zero-order chi connectivity index (χ0) is 12.2. The zero-order valence-corrected chi connectivity index (χ0v) is 7.84. The Bertz CT molecular complexity index is 406. The van der Waals surface area contributed by atoms with Gasteiger partial charge in [0, 0.05) is 6.07 Å². The molecule has 0 saturated carbocycles. The first kappa shape index (κ1) is 12.2. The van der Waals surface area contributed by atoms with Crippen molar-refractivity contribution < 1.29 is 27.0 Å². The number of benzene rings is 1. The van der Waals surface area contributed by atoms with Gasteiger partial charge in [-0.05, 0) is 12.1 Å². The maximum absolute atomic E-state index is 13.1. The minimum absolute atomic E-state index is 0.170.